The lowest BCUT2D eigenvalue weighted by atomic mass is 10.2. The van der Waals surface area contributed by atoms with Gasteiger partial charge in [-0.25, -0.2) is 18.4 Å². The maximum atomic E-state index is 12.4. The van der Waals surface area contributed by atoms with E-state index in [0.717, 1.165) is 12.8 Å². The number of anilines is 1. The van der Waals surface area contributed by atoms with Crippen molar-refractivity contribution in [3.8, 4) is 0 Å². The van der Waals surface area contributed by atoms with Gasteiger partial charge < -0.3 is 0 Å². The van der Waals surface area contributed by atoms with Gasteiger partial charge in [0.15, 0.2) is 0 Å². The molecule has 1 fully saturated rings. The topological polar surface area (TPSA) is 92.3 Å². The number of hydrogen-bond donors (Lipinski definition) is 1. The summed E-state index contributed by atoms with van der Waals surface area (Å²) >= 11 is 0. The third-order valence-electron chi connectivity index (χ3n) is 3.61. The highest BCUT2D eigenvalue weighted by Crippen LogP contribution is 2.21. The number of benzene rings is 1. The predicted molar refractivity (Wildman–Crippen MR) is 84.4 cm³/mol. The Morgan fingerprint density at radius 1 is 1.04 bits per heavy atom. The largest absolute Gasteiger partial charge is 0.290 e. The molecule has 7 nitrogen and oxygen atoms in total. The molecule has 0 radical (unpaired) electrons. The van der Waals surface area contributed by atoms with Crippen LogP contribution in [0.2, 0.25) is 0 Å². The number of carbonyl (C=O) groups is 1. The van der Waals surface area contributed by atoms with E-state index in [4.69, 9.17) is 0 Å². The molecule has 1 aliphatic rings. The molecule has 120 valence electrons. The number of nitrogens with one attached hydrogen (secondary N) is 1. The van der Waals surface area contributed by atoms with E-state index < -0.39 is 10.0 Å². The Morgan fingerprint density at radius 2 is 1.65 bits per heavy atom. The van der Waals surface area contributed by atoms with Crippen LogP contribution in [0.5, 0.6) is 0 Å². The van der Waals surface area contributed by atoms with Gasteiger partial charge in [0.2, 0.25) is 16.0 Å². The first-order chi connectivity index (χ1) is 11.1. The zero-order chi connectivity index (χ0) is 16.3. The van der Waals surface area contributed by atoms with E-state index in [1.54, 1.807) is 6.07 Å². The van der Waals surface area contributed by atoms with Crippen LogP contribution in [0.1, 0.15) is 23.2 Å². The number of sulfonamides is 1. The highest BCUT2D eigenvalue weighted by atomic mass is 32.2. The summed E-state index contributed by atoms with van der Waals surface area (Å²) in [7, 11) is -3.46. The molecule has 2 aromatic rings. The molecule has 0 aliphatic carbocycles. The third-order valence-corrected chi connectivity index (χ3v) is 5.52. The highest BCUT2D eigenvalue weighted by molar-refractivity contribution is 7.89. The third kappa shape index (κ3) is 3.38. The summed E-state index contributed by atoms with van der Waals surface area (Å²) in [5.74, 6) is -0.187. The molecule has 1 amide bonds. The van der Waals surface area contributed by atoms with Crippen LogP contribution in [-0.2, 0) is 10.0 Å². The van der Waals surface area contributed by atoms with Crippen molar-refractivity contribution in [3.05, 3.63) is 48.3 Å². The quantitative estimate of drug-likeness (QED) is 0.916. The fourth-order valence-electron chi connectivity index (χ4n) is 2.39. The Labute approximate surface area is 134 Å². The SMILES string of the molecule is O=C(Nc1ncccn1)c1ccc(S(=O)(=O)N2CCCC2)cc1. The van der Waals surface area contributed by atoms with E-state index in [2.05, 4.69) is 15.3 Å². The second-order valence-electron chi connectivity index (χ2n) is 5.16. The minimum absolute atomic E-state index is 0.200. The molecule has 0 spiro atoms. The lowest BCUT2D eigenvalue weighted by Gasteiger charge is -2.15. The van der Waals surface area contributed by atoms with Gasteiger partial charge in [-0.1, -0.05) is 0 Å². The highest BCUT2D eigenvalue weighted by Gasteiger charge is 2.27. The number of amides is 1. The molecular weight excluding hydrogens is 316 g/mol. The summed E-state index contributed by atoms with van der Waals surface area (Å²) in [5, 5.41) is 2.55. The molecule has 0 saturated carbocycles. The molecule has 0 bridgehead atoms. The molecule has 3 rings (SSSR count). The number of aromatic nitrogens is 2. The van der Waals surface area contributed by atoms with E-state index in [1.165, 1.54) is 41.0 Å². The molecule has 2 heterocycles. The lowest BCUT2D eigenvalue weighted by molar-refractivity contribution is 0.102. The summed E-state index contributed by atoms with van der Waals surface area (Å²) in [6.45, 7) is 1.10. The summed E-state index contributed by atoms with van der Waals surface area (Å²) in [6, 6.07) is 7.53. The summed E-state index contributed by atoms with van der Waals surface area (Å²) in [6.07, 6.45) is 4.82. The van der Waals surface area contributed by atoms with Crippen molar-refractivity contribution in [3.63, 3.8) is 0 Å². The summed E-state index contributed by atoms with van der Waals surface area (Å²) < 4.78 is 26.3. The normalized spacial score (nSPS) is 15.5. The fraction of sp³-hybridized carbons (Fsp3) is 0.267. The van der Waals surface area contributed by atoms with Gasteiger partial charge in [0, 0.05) is 31.0 Å². The molecule has 1 aromatic heterocycles. The van der Waals surface area contributed by atoms with Crippen molar-refractivity contribution < 1.29 is 13.2 Å². The monoisotopic (exact) mass is 332 g/mol. The molecule has 1 aliphatic heterocycles. The van der Waals surface area contributed by atoms with Crippen LogP contribution >= 0.6 is 0 Å². The molecule has 8 heteroatoms. The second-order valence-corrected chi connectivity index (χ2v) is 7.10. The Morgan fingerprint density at radius 3 is 2.26 bits per heavy atom. The van der Waals surface area contributed by atoms with Crippen LogP contribution in [0.3, 0.4) is 0 Å². The van der Waals surface area contributed by atoms with Gasteiger partial charge in [-0.05, 0) is 43.2 Å². The second kappa shape index (κ2) is 6.43. The van der Waals surface area contributed by atoms with Crippen molar-refractivity contribution in [2.75, 3.05) is 18.4 Å². The van der Waals surface area contributed by atoms with Gasteiger partial charge in [-0.3, -0.25) is 10.1 Å². The molecule has 0 unspecified atom stereocenters. The summed E-state index contributed by atoms with van der Waals surface area (Å²) in [5.41, 5.74) is 0.345. The van der Waals surface area contributed by atoms with Crippen LogP contribution in [0.25, 0.3) is 0 Å². The summed E-state index contributed by atoms with van der Waals surface area (Å²) in [4.78, 5) is 20.1. The number of rotatable bonds is 4. The van der Waals surface area contributed by atoms with Crippen molar-refractivity contribution in [2.45, 2.75) is 17.7 Å². The van der Waals surface area contributed by atoms with E-state index in [9.17, 15) is 13.2 Å². The van der Waals surface area contributed by atoms with Crippen LogP contribution in [0, 0.1) is 0 Å². The Balaban J connectivity index is 1.75. The van der Waals surface area contributed by atoms with E-state index >= 15 is 0 Å². The zero-order valence-corrected chi connectivity index (χ0v) is 13.2. The molecule has 1 aromatic carbocycles. The number of nitrogens with zero attached hydrogens (tertiary/aromatic N) is 3. The predicted octanol–water partition coefficient (Wildman–Crippen LogP) is 1.51. The first kappa shape index (κ1) is 15.6. The average molecular weight is 332 g/mol. The Kier molecular flexibility index (Phi) is 4.35. The van der Waals surface area contributed by atoms with Gasteiger partial charge in [-0.2, -0.15) is 4.31 Å². The molecule has 1 N–H and O–H groups in total. The van der Waals surface area contributed by atoms with Gasteiger partial charge in [0.05, 0.1) is 4.90 Å². The van der Waals surface area contributed by atoms with Crippen molar-refractivity contribution in [2.24, 2.45) is 0 Å². The van der Waals surface area contributed by atoms with Crippen molar-refractivity contribution in [1.29, 1.82) is 0 Å². The number of hydrogen-bond acceptors (Lipinski definition) is 5. The van der Waals surface area contributed by atoms with E-state index in [-0.39, 0.29) is 16.8 Å². The minimum atomic E-state index is -3.46. The maximum Gasteiger partial charge on any atom is 0.258 e. The number of carbonyl (C=O) groups excluding carboxylic acids is 1. The van der Waals surface area contributed by atoms with Gasteiger partial charge in [0.1, 0.15) is 0 Å². The standard InChI is InChI=1S/C15H16N4O3S/c20-14(18-15-16-8-3-9-17-15)12-4-6-13(7-5-12)23(21,22)19-10-1-2-11-19/h3-9H,1-2,10-11H2,(H,16,17,18,20). The molecule has 0 atom stereocenters. The van der Waals surface area contributed by atoms with Crippen molar-refractivity contribution in [1.82, 2.24) is 14.3 Å². The molecule has 1 saturated heterocycles. The van der Waals surface area contributed by atoms with Gasteiger partial charge >= 0.3 is 0 Å². The lowest BCUT2D eigenvalue weighted by Crippen LogP contribution is -2.27. The average Bonchev–Trinajstić information content (AvgIpc) is 3.11. The van der Waals surface area contributed by atoms with Crippen LogP contribution in [-0.4, -0.2) is 41.7 Å². The van der Waals surface area contributed by atoms with E-state index in [1.807, 2.05) is 0 Å². The Bertz CT molecular complexity index is 785. The van der Waals surface area contributed by atoms with E-state index in [0.29, 0.717) is 18.7 Å². The van der Waals surface area contributed by atoms with Crippen LogP contribution in [0.4, 0.5) is 5.95 Å². The van der Waals surface area contributed by atoms with Crippen LogP contribution in [0.15, 0.2) is 47.6 Å². The molecular formula is C15H16N4O3S. The molecule has 23 heavy (non-hydrogen) atoms. The van der Waals surface area contributed by atoms with Gasteiger partial charge in [-0.15, -0.1) is 0 Å². The van der Waals surface area contributed by atoms with Crippen molar-refractivity contribution >= 4 is 21.9 Å². The smallest absolute Gasteiger partial charge is 0.258 e. The minimum Gasteiger partial charge on any atom is -0.290 e. The van der Waals surface area contributed by atoms with Crippen LogP contribution < -0.4 is 5.32 Å². The maximum absolute atomic E-state index is 12.4. The van der Waals surface area contributed by atoms with Gasteiger partial charge in [0.25, 0.3) is 5.91 Å². The Hall–Kier alpha value is -2.32. The first-order valence-corrected chi connectivity index (χ1v) is 8.70. The fourth-order valence-corrected chi connectivity index (χ4v) is 3.91. The first-order valence-electron chi connectivity index (χ1n) is 7.26. The zero-order valence-electron chi connectivity index (χ0n) is 12.3.